The second kappa shape index (κ2) is 6.93. The van der Waals surface area contributed by atoms with Crippen LogP contribution >= 0.6 is 0 Å². The molecule has 2 N–H and O–H groups in total. The second-order valence-corrected chi connectivity index (χ2v) is 4.61. The van der Waals surface area contributed by atoms with Crippen molar-refractivity contribution >= 4 is 5.97 Å². The highest BCUT2D eigenvalue weighted by Crippen LogP contribution is 2.21. The molecule has 0 spiro atoms. The maximum absolute atomic E-state index is 11.1. The normalized spacial score (nSPS) is 26.4. The molecule has 0 aromatic rings. The molecule has 0 aliphatic carbocycles. The summed E-state index contributed by atoms with van der Waals surface area (Å²) >= 11 is 0. The molecule has 0 saturated carbocycles. The average Bonchev–Trinajstić information content (AvgIpc) is 2.77. The van der Waals surface area contributed by atoms with Gasteiger partial charge in [0.25, 0.3) is 0 Å². The number of carbonyl (C=O) groups is 1. The van der Waals surface area contributed by atoms with Crippen molar-refractivity contribution in [1.29, 1.82) is 0 Å². The van der Waals surface area contributed by atoms with Gasteiger partial charge in [-0.15, -0.1) is 0 Å². The van der Waals surface area contributed by atoms with E-state index in [1.807, 2.05) is 6.92 Å². The minimum Gasteiger partial charge on any atom is -0.481 e. The summed E-state index contributed by atoms with van der Waals surface area (Å²) in [5.41, 5.74) is 0. The Morgan fingerprint density at radius 1 is 1.47 bits per heavy atom. The highest BCUT2D eigenvalue weighted by molar-refractivity contribution is 5.71. The smallest absolute Gasteiger partial charge is 0.310 e. The number of rotatable bonds is 7. The van der Waals surface area contributed by atoms with Crippen LogP contribution in [0.5, 0.6) is 0 Å². The quantitative estimate of drug-likeness (QED) is 0.686. The first kappa shape index (κ1) is 14.4. The molecule has 3 unspecified atom stereocenters. The number of carboxylic acids is 1. The molecule has 1 fully saturated rings. The lowest BCUT2D eigenvalue weighted by Crippen LogP contribution is -2.46. The fraction of sp³-hybridized carbons (Fsp3) is 0.917. The maximum atomic E-state index is 11.1. The van der Waals surface area contributed by atoms with E-state index >= 15 is 0 Å². The molecular weight excluding hydrogens is 222 g/mol. The van der Waals surface area contributed by atoms with E-state index in [1.165, 1.54) is 0 Å². The van der Waals surface area contributed by atoms with Crippen molar-refractivity contribution < 1.29 is 19.7 Å². The van der Waals surface area contributed by atoms with Crippen LogP contribution in [0.15, 0.2) is 0 Å². The minimum atomic E-state index is -0.806. The van der Waals surface area contributed by atoms with Gasteiger partial charge >= 0.3 is 5.97 Å². The van der Waals surface area contributed by atoms with Crippen LogP contribution < -0.4 is 0 Å². The van der Waals surface area contributed by atoms with Crippen molar-refractivity contribution in [3.05, 3.63) is 0 Å². The summed E-state index contributed by atoms with van der Waals surface area (Å²) in [6.07, 6.45) is 1.24. The molecule has 1 saturated heterocycles. The van der Waals surface area contributed by atoms with Gasteiger partial charge < -0.3 is 14.9 Å². The Balaban J connectivity index is 2.64. The molecule has 1 rings (SSSR count). The Morgan fingerprint density at radius 2 is 2.18 bits per heavy atom. The second-order valence-electron chi connectivity index (χ2n) is 4.61. The highest BCUT2D eigenvalue weighted by Gasteiger charge is 2.38. The SMILES string of the molecule is CCCN(CC(O)CC)C1COCC1C(=O)O. The Bertz CT molecular complexity index is 247. The van der Waals surface area contributed by atoms with Crippen LogP contribution in [0.2, 0.25) is 0 Å². The summed E-state index contributed by atoms with van der Waals surface area (Å²) in [5.74, 6) is -1.27. The van der Waals surface area contributed by atoms with Gasteiger partial charge in [0.15, 0.2) is 0 Å². The number of aliphatic hydroxyl groups excluding tert-OH is 1. The predicted octanol–water partition coefficient (Wildman–Crippen LogP) is 0.569. The Hall–Kier alpha value is -0.650. The Morgan fingerprint density at radius 3 is 2.71 bits per heavy atom. The molecule has 17 heavy (non-hydrogen) atoms. The van der Waals surface area contributed by atoms with Crippen LogP contribution in [0.1, 0.15) is 26.7 Å². The monoisotopic (exact) mass is 245 g/mol. The standard InChI is InChI=1S/C12H23NO4/c1-3-5-13(6-9(14)4-2)11-8-17-7-10(11)12(15)16/h9-11,14H,3-8H2,1-2H3,(H,15,16). The van der Waals surface area contributed by atoms with E-state index in [-0.39, 0.29) is 12.6 Å². The van der Waals surface area contributed by atoms with Gasteiger partial charge in [0.2, 0.25) is 0 Å². The first-order valence-corrected chi connectivity index (χ1v) is 6.32. The number of aliphatic carboxylic acids is 1. The third-order valence-electron chi connectivity index (χ3n) is 3.26. The summed E-state index contributed by atoms with van der Waals surface area (Å²) in [6.45, 7) is 6.04. The molecule has 0 amide bonds. The Labute approximate surface area is 102 Å². The van der Waals surface area contributed by atoms with E-state index in [0.717, 1.165) is 13.0 Å². The van der Waals surface area contributed by atoms with Crippen molar-refractivity contribution in [3.63, 3.8) is 0 Å². The summed E-state index contributed by atoms with van der Waals surface area (Å²) in [5, 5.41) is 18.8. The van der Waals surface area contributed by atoms with Crippen molar-refractivity contribution in [3.8, 4) is 0 Å². The van der Waals surface area contributed by atoms with Crippen LogP contribution in [0, 0.1) is 5.92 Å². The molecule has 0 aromatic heterocycles. The molecule has 5 nitrogen and oxygen atoms in total. The van der Waals surface area contributed by atoms with Gasteiger partial charge in [-0.3, -0.25) is 9.69 Å². The van der Waals surface area contributed by atoms with Gasteiger partial charge in [-0.2, -0.15) is 0 Å². The molecule has 100 valence electrons. The van der Waals surface area contributed by atoms with Gasteiger partial charge in [0, 0.05) is 12.6 Å². The molecule has 3 atom stereocenters. The third kappa shape index (κ3) is 3.94. The van der Waals surface area contributed by atoms with Gasteiger partial charge in [-0.1, -0.05) is 13.8 Å². The molecule has 0 aromatic carbocycles. The Kier molecular flexibility index (Phi) is 5.88. The van der Waals surface area contributed by atoms with Gasteiger partial charge in [-0.25, -0.2) is 0 Å². The van der Waals surface area contributed by atoms with Gasteiger partial charge in [0.05, 0.1) is 25.2 Å². The first-order chi connectivity index (χ1) is 8.10. The molecule has 0 bridgehead atoms. The van der Waals surface area contributed by atoms with Crippen LogP contribution in [0.25, 0.3) is 0 Å². The zero-order valence-corrected chi connectivity index (χ0v) is 10.6. The molecule has 5 heteroatoms. The predicted molar refractivity (Wildman–Crippen MR) is 63.9 cm³/mol. The van der Waals surface area contributed by atoms with Crippen LogP contribution in [0.4, 0.5) is 0 Å². The number of hydrogen-bond donors (Lipinski definition) is 2. The number of ether oxygens (including phenoxy) is 1. The lowest BCUT2D eigenvalue weighted by molar-refractivity contribution is -0.143. The molecule has 0 radical (unpaired) electrons. The van der Waals surface area contributed by atoms with Gasteiger partial charge in [-0.05, 0) is 19.4 Å². The molecule has 1 aliphatic rings. The zero-order valence-electron chi connectivity index (χ0n) is 10.6. The summed E-state index contributed by atoms with van der Waals surface area (Å²) in [4.78, 5) is 13.2. The third-order valence-corrected chi connectivity index (χ3v) is 3.26. The molecular formula is C12H23NO4. The number of carboxylic acid groups (broad SMARTS) is 1. The van der Waals surface area contributed by atoms with Crippen LogP contribution in [0.3, 0.4) is 0 Å². The average molecular weight is 245 g/mol. The van der Waals surface area contributed by atoms with Crippen molar-refractivity contribution in [2.24, 2.45) is 5.92 Å². The van der Waals surface area contributed by atoms with E-state index in [4.69, 9.17) is 9.84 Å². The van der Waals surface area contributed by atoms with E-state index in [0.29, 0.717) is 19.6 Å². The molecule has 1 heterocycles. The zero-order chi connectivity index (χ0) is 12.8. The largest absolute Gasteiger partial charge is 0.481 e. The number of hydrogen-bond acceptors (Lipinski definition) is 4. The summed E-state index contributed by atoms with van der Waals surface area (Å²) in [6, 6.07) is -0.103. The van der Waals surface area contributed by atoms with Crippen LogP contribution in [-0.2, 0) is 9.53 Å². The topological polar surface area (TPSA) is 70.0 Å². The fourth-order valence-electron chi connectivity index (χ4n) is 2.22. The van der Waals surface area contributed by atoms with Crippen molar-refractivity contribution in [1.82, 2.24) is 4.90 Å². The summed E-state index contributed by atoms with van der Waals surface area (Å²) in [7, 11) is 0. The maximum Gasteiger partial charge on any atom is 0.310 e. The van der Waals surface area contributed by atoms with Crippen molar-refractivity contribution in [2.75, 3.05) is 26.3 Å². The van der Waals surface area contributed by atoms with Crippen LogP contribution in [-0.4, -0.2) is 59.5 Å². The fourth-order valence-corrected chi connectivity index (χ4v) is 2.22. The number of aliphatic hydroxyl groups is 1. The van der Waals surface area contributed by atoms with E-state index in [1.54, 1.807) is 0 Å². The lowest BCUT2D eigenvalue weighted by atomic mass is 10.0. The summed E-state index contributed by atoms with van der Waals surface area (Å²) < 4.78 is 5.27. The number of nitrogens with zero attached hydrogens (tertiary/aromatic N) is 1. The van der Waals surface area contributed by atoms with Gasteiger partial charge in [0.1, 0.15) is 0 Å². The highest BCUT2D eigenvalue weighted by atomic mass is 16.5. The van der Waals surface area contributed by atoms with E-state index in [2.05, 4.69) is 11.8 Å². The molecule has 1 aliphatic heterocycles. The first-order valence-electron chi connectivity index (χ1n) is 6.32. The van der Waals surface area contributed by atoms with E-state index in [9.17, 15) is 9.90 Å². The lowest BCUT2D eigenvalue weighted by Gasteiger charge is -2.31. The van der Waals surface area contributed by atoms with Crippen molar-refractivity contribution in [2.45, 2.75) is 38.8 Å². The van der Waals surface area contributed by atoms with E-state index < -0.39 is 18.0 Å². The minimum absolute atomic E-state index is 0.103.